The summed E-state index contributed by atoms with van der Waals surface area (Å²) in [6, 6.07) is 9.01. The maximum Gasteiger partial charge on any atom is 0.327 e. The summed E-state index contributed by atoms with van der Waals surface area (Å²) >= 11 is 0. The molecule has 0 spiro atoms. The fourth-order valence-corrected chi connectivity index (χ4v) is 2.54. The van der Waals surface area contributed by atoms with Crippen LogP contribution in [0.15, 0.2) is 42.6 Å². The van der Waals surface area contributed by atoms with Crippen molar-refractivity contribution in [2.24, 2.45) is 0 Å². The molecule has 0 unspecified atom stereocenters. The first kappa shape index (κ1) is 13.1. The van der Waals surface area contributed by atoms with Gasteiger partial charge in [-0.25, -0.2) is 4.79 Å². The Kier molecular flexibility index (Phi) is 3.06. The minimum Gasteiger partial charge on any atom is -0.494 e. The van der Waals surface area contributed by atoms with Crippen molar-refractivity contribution in [2.45, 2.75) is 12.5 Å². The summed E-state index contributed by atoms with van der Waals surface area (Å²) in [6.45, 7) is 0. The van der Waals surface area contributed by atoms with E-state index in [0.717, 1.165) is 21.0 Å². The molecule has 21 heavy (non-hydrogen) atoms. The second kappa shape index (κ2) is 4.90. The molecule has 6 nitrogen and oxygen atoms in total. The quantitative estimate of drug-likeness (QED) is 0.591. The van der Waals surface area contributed by atoms with E-state index in [9.17, 15) is 20.1 Å². The van der Waals surface area contributed by atoms with Crippen molar-refractivity contribution in [3.8, 4) is 11.8 Å². The van der Waals surface area contributed by atoms with Crippen molar-refractivity contribution in [3.05, 3.63) is 48.2 Å². The number of rotatable bonds is 4. The highest BCUT2D eigenvalue weighted by atomic mass is 16.4. The van der Waals surface area contributed by atoms with Crippen molar-refractivity contribution in [2.75, 3.05) is 0 Å². The Labute approximate surface area is 119 Å². The maximum absolute atomic E-state index is 11.5. The summed E-state index contributed by atoms with van der Waals surface area (Å²) in [7, 11) is 0. The highest BCUT2D eigenvalue weighted by Crippen LogP contribution is 2.30. The van der Waals surface area contributed by atoms with Crippen molar-refractivity contribution >= 4 is 16.9 Å². The molecule has 0 amide bonds. The van der Waals surface area contributed by atoms with Crippen LogP contribution in [0.1, 0.15) is 11.6 Å². The van der Waals surface area contributed by atoms with E-state index in [1.807, 2.05) is 24.3 Å². The minimum atomic E-state index is -1.12. The number of nitrogens with zero attached hydrogens (tertiary/aromatic N) is 1. The van der Waals surface area contributed by atoms with Crippen molar-refractivity contribution < 1.29 is 20.1 Å². The third kappa shape index (κ3) is 2.20. The van der Waals surface area contributed by atoms with Gasteiger partial charge in [0.05, 0.1) is 0 Å². The van der Waals surface area contributed by atoms with E-state index >= 15 is 0 Å². The molecule has 0 saturated heterocycles. The van der Waals surface area contributed by atoms with Gasteiger partial charge in [-0.3, -0.25) is 4.57 Å². The van der Waals surface area contributed by atoms with E-state index in [1.54, 1.807) is 6.20 Å². The van der Waals surface area contributed by atoms with Crippen LogP contribution >= 0.6 is 0 Å². The number of carboxylic acid groups (broad SMARTS) is 1. The molecular weight excluding hydrogens is 272 g/mol. The van der Waals surface area contributed by atoms with Gasteiger partial charge in [-0.2, -0.15) is 0 Å². The molecule has 0 bridgehead atoms. The molecule has 0 radical (unpaired) electrons. The van der Waals surface area contributed by atoms with Gasteiger partial charge in [-0.1, -0.05) is 18.2 Å². The number of aliphatic carboxylic acids is 1. The lowest BCUT2D eigenvalue weighted by molar-refractivity contribution is -0.141. The van der Waals surface area contributed by atoms with E-state index in [-0.39, 0.29) is 18.2 Å². The fourth-order valence-electron chi connectivity index (χ4n) is 2.54. The number of para-hydroxylation sites is 1. The molecule has 108 valence electrons. The van der Waals surface area contributed by atoms with E-state index in [2.05, 4.69) is 4.98 Å². The van der Waals surface area contributed by atoms with Gasteiger partial charge in [0.1, 0.15) is 6.04 Å². The smallest absolute Gasteiger partial charge is 0.327 e. The Morgan fingerprint density at radius 3 is 2.48 bits per heavy atom. The molecule has 0 aliphatic carbocycles. The summed E-state index contributed by atoms with van der Waals surface area (Å²) in [5, 5.41) is 29.8. The van der Waals surface area contributed by atoms with Gasteiger partial charge >= 0.3 is 5.97 Å². The molecule has 0 aliphatic rings. The first-order valence-electron chi connectivity index (χ1n) is 6.45. The zero-order valence-corrected chi connectivity index (χ0v) is 11.0. The predicted octanol–water partition coefficient (Wildman–Crippen LogP) is 2.25. The van der Waals surface area contributed by atoms with Gasteiger partial charge in [-0.05, 0) is 11.6 Å². The zero-order chi connectivity index (χ0) is 15.0. The van der Waals surface area contributed by atoms with E-state index in [4.69, 9.17) is 0 Å². The number of nitrogens with one attached hydrogen (secondary N) is 1. The molecule has 0 aliphatic heterocycles. The van der Waals surface area contributed by atoms with Crippen LogP contribution < -0.4 is 0 Å². The van der Waals surface area contributed by atoms with Gasteiger partial charge in [0.25, 0.3) is 0 Å². The van der Waals surface area contributed by atoms with Crippen LogP contribution in [0, 0.1) is 0 Å². The summed E-state index contributed by atoms with van der Waals surface area (Å²) in [4.78, 5) is 14.6. The van der Waals surface area contributed by atoms with E-state index in [1.165, 1.54) is 12.1 Å². The van der Waals surface area contributed by atoms with Gasteiger partial charge in [0, 0.05) is 35.7 Å². The number of fused-ring (bicyclic) bond motifs is 1. The van der Waals surface area contributed by atoms with Crippen molar-refractivity contribution in [1.82, 2.24) is 9.55 Å². The highest BCUT2D eigenvalue weighted by Gasteiger charge is 2.25. The number of benzene rings is 1. The average Bonchev–Trinajstić information content (AvgIpc) is 3.01. The summed E-state index contributed by atoms with van der Waals surface area (Å²) in [5.41, 5.74) is 1.73. The molecule has 1 atom stereocenters. The average molecular weight is 286 g/mol. The number of carbonyl (C=O) groups is 1. The Balaban J connectivity index is 2.02. The van der Waals surface area contributed by atoms with E-state index < -0.39 is 12.0 Å². The number of hydrogen-bond acceptors (Lipinski definition) is 3. The standard InChI is InChI=1S/C15H14N2O4/c18-13-5-6-14(19)17(13)12(15(20)21)7-9-8-16-11-4-2-1-3-10(9)11/h1-6,8,12,16,18-19H,7H2,(H,20,21)/t12-/m1/s1. The lowest BCUT2D eigenvalue weighted by Crippen LogP contribution is -2.20. The molecule has 1 aromatic carbocycles. The third-order valence-corrected chi connectivity index (χ3v) is 3.56. The third-order valence-electron chi connectivity index (χ3n) is 3.56. The molecule has 6 heteroatoms. The molecule has 3 rings (SSSR count). The summed E-state index contributed by atoms with van der Waals surface area (Å²) < 4.78 is 1.00. The minimum absolute atomic E-state index is 0.148. The normalized spacial score (nSPS) is 12.6. The number of hydrogen-bond donors (Lipinski definition) is 4. The Morgan fingerprint density at radius 1 is 1.14 bits per heavy atom. The molecule has 0 saturated carbocycles. The fraction of sp³-hybridized carbons (Fsp3) is 0.133. The number of aromatic amines is 1. The summed E-state index contributed by atoms with van der Waals surface area (Å²) in [5.74, 6) is -1.68. The Morgan fingerprint density at radius 2 is 1.81 bits per heavy atom. The first-order chi connectivity index (χ1) is 10.1. The lowest BCUT2D eigenvalue weighted by atomic mass is 10.0. The van der Waals surface area contributed by atoms with Gasteiger partial charge in [-0.15, -0.1) is 0 Å². The Hall–Kier alpha value is -2.89. The number of aromatic nitrogens is 2. The van der Waals surface area contributed by atoms with Gasteiger partial charge in [0.2, 0.25) is 0 Å². The van der Waals surface area contributed by atoms with Crippen LogP contribution in [0.2, 0.25) is 0 Å². The molecule has 2 aromatic heterocycles. The second-order valence-electron chi connectivity index (χ2n) is 4.84. The summed E-state index contributed by atoms with van der Waals surface area (Å²) in [6.07, 6.45) is 1.90. The van der Waals surface area contributed by atoms with Crippen LogP contribution in [-0.2, 0) is 11.2 Å². The first-order valence-corrected chi connectivity index (χ1v) is 6.45. The predicted molar refractivity (Wildman–Crippen MR) is 76.4 cm³/mol. The molecule has 4 N–H and O–H groups in total. The molecule has 0 fully saturated rings. The van der Waals surface area contributed by atoms with Crippen LogP contribution in [0.3, 0.4) is 0 Å². The molecular formula is C15H14N2O4. The maximum atomic E-state index is 11.5. The lowest BCUT2D eigenvalue weighted by Gasteiger charge is -2.16. The number of aromatic hydroxyl groups is 2. The largest absolute Gasteiger partial charge is 0.494 e. The van der Waals surface area contributed by atoms with Gasteiger partial charge < -0.3 is 20.3 Å². The Bertz CT molecular complexity index is 783. The van der Waals surface area contributed by atoms with Crippen LogP contribution in [0.5, 0.6) is 11.8 Å². The van der Waals surface area contributed by atoms with Crippen LogP contribution in [0.25, 0.3) is 10.9 Å². The van der Waals surface area contributed by atoms with E-state index in [0.29, 0.717) is 0 Å². The number of H-pyrrole nitrogens is 1. The van der Waals surface area contributed by atoms with Crippen LogP contribution in [0.4, 0.5) is 0 Å². The van der Waals surface area contributed by atoms with Crippen molar-refractivity contribution in [3.63, 3.8) is 0 Å². The number of carboxylic acids is 1. The second-order valence-corrected chi connectivity index (χ2v) is 4.84. The highest BCUT2D eigenvalue weighted by molar-refractivity contribution is 5.84. The SMILES string of the molecule is O=C(O)[C@@H](Cc1c[nH]c2ccccc12)n1c(O)ccc1O. The molecule has 3 aromatic rings. The molecule has 2 heterocycles. The topological polar surface area (TPSA) is 98.5 Å². The zero-order valence-electron chi connectivity index (χ0n) is 11.0. The van der Waals surface area contributed by atoms with Crippen molar-refractivity contribution in [1.29, 1.82) is 0 Å². The monoisotopic (exact) mass is 286 g/mol. The van der Waals surface area contributed by atoms with Crippen LogP contribution in [-0.4, -0.2) is 30.8 Å². The van der Waals surface area contributed by atoms with Gasteiger partial charge in [0.15, 0.2) is 11.8 Å².